The lowest BCUT2D eigenvalue weighted by Gasteiger charge is -2.56. The molecule has 2 aromatic carbocycles. The smallest absolute Gasteiger partial charge is 0.416 e. The van der Waals surface area contributed by atoms with Crippen molar-refractivity contribution in [1.82, 2.24) is 24.4 Å². The number of nitrogens with zero attached hydrogens (tertiary/aromatic N) is 5. The van der Waals surface area contributed by atoms with Crippen LogP contribution in [0.1, 0.15) is 48.6 Å². The molecule has 2 aliphatic carbocycles. The fraction of sp³-hybridized carbons (Fsp3) is 0.424. The van der Waals surface area contributed by atoms with Gasteiger partial charge in [-0.25, -0.2) is 15.0 Å². The molecule has 234 valence electrons. The maximum atomic E-state index is 13.4. The summed E-state index contributed by atoms with van der Waals surface area (Å²) in [5.41, 5.74) is 2.89. The number of imidazole rings is 1. The summed E-state index contributed by atoms with van der Waals surface area (Å²) in [6.45, 7) is 4.95. The van der Waals surface area contributed by atoms with Crippen molar-refractivity contribution in [3.8, 4) is 22.9 Å². The maximum Gasteiger partial charge on any atom is 0.416 e. The minimum atomic E-state index is -4.45. The number of halogens is 3. The number of ether oxygens (including phenoxy) is 1. The second-order valence-electron chi connectivity index (χ2n) is 13.0. The molecule has 0 amide bonds. The average molecular weight is 619 g/mol. The SMILES string of the molecule is CC(C)n1cnc2c(NCc3cccc(C(F)(F)F)c3)nc(-c3cc(O)c4c5c3C[C@@H]3[C@@H]6C=C[C@H](O)[C@H](O4)[C@]56CCN3C)nc21. The molecule has 4 aliphatic rings. The van der Waals surface area contributed by atoms with Gasteiger partial charge in [-0.15, -0.1) is 0 Å². The van der Waals surface area contributed by atoms with E-state index in [4.69, 9.17) is 14.7 Å². The van der Waals surface area contributed by atoms with Crippen molar-refractivity contribution < 1.29 is 28.1 Å². The monoisotopic (exact) mass is 618 g/mol. The Balaban J connectivity index is 1.29. The molecule has 0 radical (unpaired) electrons. The summed E-state index contributed by atoms with van der Waals surface area (Å²) in [6, 6.07) is 7.01. The van der Waals surface area contributed by atoms with Gasteiger partial charge in [0.15, 0.2) is 28.8 Å². The van der Waals surface area contributed by atoms with E-state index in [1.165, 1.54) is 6.07 Å². The van der Waals surface area contributed by atoms with Crippen LogP contribution in [0.4, 0.5) is 19.0 Å². The Kier molecular flexibility index (Phi) is 6.09. The number of aromatic nitrogens is 4. The number of piperidine rings is 1. The van der Waals surface area contributed by atoms with E-state index in [2.05, 4.69) is 28.3 Å². The van der Waals surface area contributed by atoms with Crippen molar-refractivity contribution >= 4 is 17.0 Å². The first-order valence-corrected chi connectivity index (χ1v) is 15.2. The molecule has 8 rings (SSSR count). The second-order valence-corrected chi connectivity index (χ2v) is 13.0. The van der Waals surface area contributed by atoms with Crippen LogP contribution < -0.4 is 10.1 Å². The minimum absolute atomic E-state index is 0.0261. The number of nitrogens with one attached hydrogen (secondary N) is 1. The zero-order chi connectivity index (χ0) is 31.4. The summed E-state index contributed by atoms with van der Waals surface area (Å²) in [6.07, 6.45) is 1.31. The van der Waals surface area contributed by atoms with Gasteiger partial charge in [-0.1, -0.05) is 24.3 Å². The van der Waals surface area contributed by atoms with Gasteiger partial charge in [0, 0.05) is 41.1 Å². The molecule has 5 atom stereocenters. The highest BCUT2D eigenvalue weighted by Gasteiger charge is 2.64. The Hall–Kier alpha value is -4.16. The topological polar surface area (TPSA) is 109 Å². The first-order chi connectivity index (χ1) is 21.5. The molecule has 4 aromatic rings. The lowest BCUT2D eigenvalue weighted by Crippen LogP contribution is -2.64. The van der Waals surface area contributed by atoms with Crippen LogP contribution in [0.3, 0.4) is 0 Å². The number of rotatable bonds is 5. The summed E-state index contributed by atoms with van der Waals surface area (Å²) >= 11 is 0. The van der Waals surface area contributed by atoms with Crippen LogP contribution >= 0.6 is 0 Å². The second kappa shape index (κ2) is 9.67. The quantitative estimate of drug-likeness (QED) is 0.262. The number of likely N-dealkylation sites (N-methyl/N-ethyl adjacent to an activating group) is 1. The van der Waals surface area contributed by atoms with Crippen molar-refractivity contribution in [3.63, 3.8) is 0 Å². The number of anilines is 1. The van der Waals surface area contributed by atoms with E-state index in [1.54, 1.807) is 18.5 Å². The first kappa shape index (κ1) is 28.3. The third-order valence-corrected chi connectivity index (χ3v) is 10.2. The van der Waals surface area contributed by atoms with E-state index in [1.807, 2.05) is 24.5 Å². The average Bonchev–Trinajstić information content (AvgIpc) is 3.59. The van der Waals surface area contributed by atoms with Crippen LogP contribution in [0.15, 0.2) is 48.8 Å². The molecule has 2 aliphatic heterocycles. The highest BCUT2D eigenvalue weighted by Crippen LogP contribution is 2.63. The Labute approximate surface area is 257 Å². The summed E-state index contributed by atoms with van der Waals surface area (Å²) in [5.74, 6) is 1.26. The van der Waals surface area contributed by atoms with Crippen LogP contribution in [-0.2, 0) is 24.6 Å². The molecule has 0 unspecified atom stereocenters. The van der Waals surface area contributed by atoms with Gasteiger partial charge < -0.3 is 29.7 Å². The molecule has 4 heterocycles. The van der Waals surface area contributed by atoms with Crippen LogP contribution in [0.5, 0.6) is 11.5 Å². The van der Waals surface area contributed by atoms with Gasteiger partial charge in [0.25, 0.3) is 0 Å². The number of likely N-dealkylation sites (tertiary alicyclic amines) is 1. The van der Waals surface area contributed by atoms with Gasteiger partial charge in [0.1, 0.15) is 17.7 Å². The molecule has 9 nitrogen and oxygen atoms in total. The summed E-state index contributed by atoms with van der Waals surface area (Å²) in [7, 11) is 2.12. The Morgan fingerprint density at radius 2 is 2.00 bits per heavy atom. The number of aromatic hydroxyl groups is 1. The summed E-state index contributed by atoms with van der Waals surface area (Å²) < 4.78 is 48.5. The molecule has 1 saturated heterocycles. The predicted octanol–water partition coefficient (Wildman–Crippen LogP) is 5.22. The zero-order valence-corrected chi connectivity index (χ0v) is 25.0. The van der Waals surface area contributed by atoms with Crippen LogP contribution in [-0.4, -0.2) is 66.5 Å². The van der Waals surface area contributed by atoms with Crippen LogP contribution in [0.25, 0.3) is 22.6 Å². The van der Waals surface area contributed by atoms with Gasteiger partial charge in [-0.2, -0.15) is 13.2 Å². The number of benzene rings is 2. The molecule has 12 heteroatoms. The molecule has 2 aromatic heterocycles. The normalized spacial score (nSPS) is 26.8. The maximum absolute atomic E-state index is 13.4. The van der Waals surface area contributed by atoms with E-state index < -0.39 is 29.4 Å². The van der Waals surface area contributed by atoms with Gasteiger partial charge in [0.2, 0.25) is 0 Å². The van der Waals surface area contributed by atoms with Gasteiger partial charge in [0.05, 0.1) is 11.9 Å². The largest absolute Gasteiger partial charge is 0.504 e. The van der Waals surface area contributed by atoms with E-state index in [-0.39, 0.29) is 30.3 Å². The van der Waals surface area contributed by atoms with Gasteiger partial charge in [-0.3, -0.25) is 0 Å². The highest BCUT2D eigenvalue weighted by molar-refractivity contribution is 5.86. The van der Waals surface area contributed by atoms with E-state index in [0.717, 1.165) is 36.2 Å². The van der Waals surface area contributed by atoms with Crippen molar-refractivity contribution in [1.29, 1.82) is 0 Å². The predicted molar refractivity (Wildman–Crippen MR) is 161 cm³/mol. The number of phenolic OH excluding ortho intramolecular Hbond substituents is 1. The number of fused-ring (bicyclic) bond motifs is 1. The molecule has 2 bridgehead atoms. The minimum Gasteiger partial charge on any atom is -0.504 e. The van der Waals surface area contributed by atoms with Gasteiger partial charge in [-0.05, 0) is 69.6 Å². The molecule has 0 saturated carbocycles. The lowest BCUT2D eigenvalue weighted by atomic mass is 9.53. The molecular weight excluding hydrogens is 585 g/mol. The number of aliphatic hydroxyl groups excluding tert-OH is 1. The highest BCUT2D eigenvalue weighted by atomic mass is 19.4. The Bertz CT molecular complexity index is 1890. The lowest BCUT2D eigenvalue weighted by molar-refractivity contribution is -0.137. The van der Waals surface area contributed by atoms with Crippen molar-refractivity contribution in [2.45, 2.75) is 69.1 Å². The molecule has 3 N–H and O–H groups in total. The molecule has 1 fully saturated rings. The van der Waals surface area contributed by atoms with Crippen molar-refractivity contribution in [3.05, 3.63) is 71.1 Å². The van der Waals surface area contributed by atoms with E-state index in [9.17, 15) is 23.4 Å². The van der Waals surface area contributed by atoms with Crippen molar-refractivity contribution in [2.24, 2.45) is 5.92 Å². The van der Waals surface area contributed by atoms with Crippen LogP contribution in [0.2, 0.25) is 0 Å². The Morgan fingerprint density at radius 1 is 1.18 bits per heavy atom. The fourth-order valence-electron chi connectivity index (χ4n) is 8.10. The molecular formula is C33H33F3N6O3. The van der Waals surface area contributed by atoms with E-state index in [0.29, 0.717) is 46.1 Å². The standard InChI is InChI=1S/C33H33F3N6O3/c1-16(2)42-15-38-26-30(37-14-17-5-4-6-18(11-17)33(34,35)36)39-29(40-31(26)42)20-13-24(44)27-25-19(20)12-22-21-7-8-23(43)28(45-27)32(21,25)9-10-41(22)3/h4-8,11,13,15-16,21-23,28,43-44H,9-10,12,14H2,1-3H3,(H,37,39,40)/t21-,22+,23-,28-,32-/m0/s1. The number of phenols is 1. The third-order valence-electron chi connectivity index (χ3n) is 10.2. The number of aliphatic hydroxyl groups is 1. The number of hydrogen-bond acceptors (Lipinski definition) is 8. The third kappa shape index (κ3) is 4.04. The molecule has 1 spiro atoms. The van der Waals surface area contributed by atoms with E-state index >= 15 is 0 Å². The summed E-state index contributed by atoms with van der Waals surface area (Å²) in [5, 5.41) is 25.7. The zero-order valence-electron chi connectivity index (χ0n) is 25.0. The number of alkyl halides is 3. The fourth-order valence-corrected chi connectivity index (χ4v) is 8.10. The summed E-state index contributed by atoms with van der Waals surface area (Å²) in [4.78, 5) is 16.8. The van der Waals surface area contributed by atoms with Crippen LogP contribution in [0, 0.1) is 5.92 Å². The van der Waals surface area contributed by atoms with Crippen molar-refractivity contribution in [2.75, 3.05) is 18.9 Å². The number of hydrogen-bond donors (Lipinski definition) is 3. The Morgan fingerprint density at radius 3 is 2.78 bits per heavy atom. The van der Waals surface area contributed by atoms with Gasteiger partial charge >= 0.3 is 6.18 Å². The molecule has 45 heavy (non-hydrogen) atoms. The first-order valence-electron chi connectivity index (χ1n) is 15.2.